The molecule has 0 saturated carbocycles. The number of amides is 2. The fourth-order valence-electron chi connectivity index (χ4n) is 2.11. The number of benzene rings is 1. The number of hydrogen-bond acceptors (Lipinski definition) is 5. The highest BCUT2D eigenvalue weighted by Crippen LogP contribution is 2.15. The Kier molecular flexibility index (Phi) is 5.60. The Hall–Kier alpha value is -2.65. The lowest BCUT2D eigenvalue weighted by Crippen LogP contribution is -2.45. The van der Waals surface area contributed by atoms with Gasteiger partial charge in [0.05, 0.1) is 17.2 Å². The molecule has 2 rings (SSSR count). The number of carbonyl (C=O) groups excluding carboxylic acids is 2. The summed E-state index contributed by atoms with van der Waals surface area (Å²) >= 11 is 0. The van der Waals surface area contributed by atoms with Gasteiger partial charge in [0, 0.05) is 0 Å². The molecule has 2 atom stereocenters. The smallest absolute Gasteiger partial charge is 0.287 e. The standard InChI is InChI=1S/C16H19N3O5S/c1-10(12-5-7-13(8-6-12)25(17,22)23)18-15(20)11(2)19-16(21)14-4-3-9-24-14/h3-11H,1-2H3,(H,18,20)(H,19,21)(H2,17,22,23)/t10?,11-/m0/s1. The summed E-state index contributed by atoms with van der Waals surface area (Å²) in [5, 5.41) is 10.3. The zero-order chi connectivity index (χ0) is 18.6. The highest BCUT2D eigenvalue weighted by molar-refractivity contribution is 7.89. The van der Waals surface area contributed by atoms with Gasteiger partial charge in [-0.25, -0.2) is 13.6 Å². The van der Waals surface area contributed by atoms with Crippen molar-refractivity contribution >= 4 is 21.8 Å². The van der Waals surface area contributed by atoms with Crippen molar-refractivity contribution in [2.75, 3.05) is 0 Å². The zero-order valence-corrected chi connectivity index (χ0v) is 14.5. The van der Waals surface area contributed by atoms with Gasteiger partial charge in [-0.1, -0.05) is 12.1 Å². The van der Waals surface area contributed by atoms with E-state index >= 15 is 0 Å². The summed E-state index contributed by atoms with van der Waals surface area (Å²) in [6.45, 7) is 3.29. The highest BCUT2D eigenvalue weighted by atomic mass is 32.2. The van der Waals surface area contributed by atoms with Crippen LogP contribution in [0.3, 0.4) is 0 Å². The Morgan fingerprint density at radius 2 is 1.72 bits per heavy atom. The molecule has 0 bridgehead atoms. The van der Waals surface area contributed by atoms with Crippen LogP contribution in [0.25, 0.3) is 0 Å². The van der Waals surface area contributed by atoms with E-state index in [2.05, 4.69) is 10.6 Å². The van der Waals surface area contributed by atoms with Crippen molar-refractivity contribution in [3.05, 3.63) is 54.0 Å². The first kappa shape index (κ1) is 18.7. The van der Waals surface area contributed by atoms with Crippen LogP contribution in [0.1, 0.15) is 36.0 Å². The molecular formula is C16H19N3O5S. The molecule has 0 aliphatic rings. The van der Waals surface area contributed by atoms with Gasteiger partial charge >= 0.3 is 0 Å². The van der Waals surface area contributed by atoms with Gasteiger partial charge in [-0.05, 0) is 43.7 Å². The first-order valence-corrected chi connectivity index (χ1v) is 9.00. The zero-order valence-electron chi connectivity index (χ0n) is 13.7. The molecule has 0 spiro atoms. The lowest BCUT2D eigenvalue weighted by Gasteiger charge is -2.18. The van der Waals surface area contributed by atoms with Crippen molar-refractivity contribution in [3.8, 4) is 0 Å². The molecule has 0 aliphatic carbocycles. The van der Waals surface area contributed by atoms with E-state index in [-0.39, 0.29) is 22.6 Å². The lowest BCUT2D eigenvalue weighted by molar-refractivity contribution is -0.123. The molecule has 1 aromatic heterocycles. The molecule has 0 saturated heterocycles. The summed E-state index contributed by atoms with van der Waals surface area (Å²) in [5.41, 5.74) is 0.699. The summed E-state index contributed by atoms with van der Waals surface area (Å²) in [5.74, 6) is -0.757. The first-order valence-electron chi connectivity index (χ1n) is 7.46. The van der Waals surface area contributed by atoms with E-state index in [1.807, 2.05) is 0 Å². The van der Waals surface area contributed by atoms with Crippen molar-refractivity contribution in [2.24, 2.45) is 5.14 Å². The molecule has 0 radical (unpaired) electrons. The third-order valence-electron chi connectivity index (χ3n) is 3.55. The van der Waals surface area contributed by atoms with Crippen molar-refractivity contribution in [3.63, 3.8) is 0 Å². The van der Waals surface area contributed by atoms with Crippen molar-refractivity contribution < 1.29 is 22.4 Å². The van der Waals surface area contributed by atoms with Gasteiger partial charge in [-0.2, -0.15) is 0 Å². The van der Waals surface area contributed by atoms with Crippen LogP contribution in [0.15, 0.2) is 52.0 Å². The van der Waals surface area contributed by atoms with Gasteiger partial charge < -0.3 is 15.1 Å². The average molecular weight is 365 g/mol. The molecule has 2 amide bonds. The summed E-state index contributed by atoms with van der Waals surface area (Å²) < 4.78 is 27.4. The number of nitrogens with two attached hydrogens (primary N) is 1. The highest BCUT2D eigenvalue weighted by Gasteiger charge is 2.20. The fourth-order valence-corrected chi connectivity index (χ4v) is 2.62. The maximum absolute atomic E-state index is 12.2. The minimum absolute atomic E-state index is 0.00569. The van der Waals surface area contributed by atoms with E-state index < -0.39 is 22.0 Å². The van der Waals surface area contributed by atoms with Crippen molar-refractivity contribution in [1.29, 1.82) is 0 Å². The largest absolute Gasteiger partial charge is 0.459 e. The van der Waals surface area contributed by atoms with Crippen LogP contribution in [-0.2, 0) is 14.8 Å². The quantitative estimate of drug-likeness (QED) is 0.700. The maximum atomic E-state index is 12.2. The number of carbonyl (C=O) groups is 2. The molecule has 9 heteroatoms. The molecule has 134 valence electrons. The molecule has 2 aromatic rings. The normalized spacial score (nSPS) is 13.7. The Balaban J connectivity index is 1.96. The molecule has 8 nitrogen and oxygen atoms in total. The third-order valence-corrected chi connectivity index (χ3v) is 4.48. The average Bonchev–Trinajstić information content (AvgIpc) is 3.08. The number of rotatable bonds is 6. The number of sulfonamides is 1. The SMILES string of the molecule is CC(NC(=O)[C@H](C)NC(=O)c1ccco1)c1ccc(S(N)(=O)=O)cc1. The van der Waals surface area contributed by atoms with Gasteiger partial charge in [0.25, 0.3) is 5.91 Å². The van der Waals surface area contributed by atoms with Gasteiger partial charge in [-0.3, -0.25) is 9.59 Å². The summed E-state index contributed by atoms with van der Waals surface area (Å²) in [7, 11) is -3.76. The van der Waals surface area contributed by atoms with Crippen LogP contribution in [0.4, 0.5) is 0 Å². The Morgan fingerprint density at radius 1 is 1.08 bits per heavy atom. The van der Waals surface area contributed by atoms with E-state index in [1.54, 1.807) is 32.0 Å². The predicted molar refractivity (Wildman–Crippen MR) is 90.0 cm³/mol. The van der Waals surface area contributed by atoms with E-state index in [0.29, 0.717) is 5.56 Å². The van der Waals surface area contributed by atoms with Crippen molar-refractivity contribution in [1.82, 2.24) is 10.6 Å². The second-order valence-corrected chi connectivity index (χ2v) is 7.08. The molecule has 4 N–H and O–H groups in total. The summed E-state index contributed by atoms with van der Waals surface area (Å²) in [4.78, 5) is 24.0. The molecule has 1 aromatic carbocycles. The molecule has 25 heavy (non-hydrogen) atoms. The Labute approximate surface area is 145 Å². The fraction of sp³-hybridized carbons (Fsp3) is 0.250. The monoisotopic (exact) mass is 365 g/mol. The van der Waals surface area contributed by atoms with Gasteiger partial charge in [-0.15, -0.1) is 0 Å². The van der Waals surface area contributed by atoms with Gasteiger partial charge in [0.15, 0.2) is 5.76 Å². The van der Waals surface area contributed by atoms with E-state index in [4.69, 9.17) is 9.56 Å². The van der Waals surface area contributed by atoms with Crippen molar-refractivity contribution in [2.45, 2.75) is 30.8 Å². The Morgan fingerprint density at radius 3 is 2.24 bits per heavy atom. The predicted octanol–water partition coefficient (Wildman–Crippen LogP) is 0.923. The lowest BCUT2D eigenvalue weighted by atomic mass is 10.1. The van der Waals surface area contributed by atoms with Crippen LogP contribution in [-0.4, -0.2) is 26.3 Å². The molecule has 0 fully saturated rings. The number of hydrogen-bond donors (Lipinski definition) is 3. The third kappa shape index (κ3) is 4.91. The molecular weight excluding hydrogens is 346 g/mol. The second-order valence-electron chi connectivity index (χ2n) is 5.52. The minimum atomic E-state index is -3.76. The van der Waals surface area contributed by atoms with E-state index in [0.717, 1.165) is 0 Å². The number of nitrogens with one attached hydrogen (secondary N) is 2. The molecule has 1 unspecified atom stereocenters. The van der Waals surface area contributed by atoms with Crippen LogP contribution in [0, 0.1) is 0 Å². The van der Waals surface area contributed by atoms with Crippen LogP contribution < -0.4 is 15.8 Å². The summed E-state index contributed by atoms with van der Waals surface area (Å²) in [6, 6.07) is 7.79. The first-order chi connectivity index (χ1) is 11.7. The molecule has 1 heterocycles. The van der Waals surface area contributed by atoms with Crippen LogP contribution >= 0.6 is 0 Å². The van der Waals surface area contributed by atoms with E-state index in [9.17, 15) is 18.0 Å². The van der Waals surface area contributed by atoms with Gasteiger partial charge in [0.1, 0.15) is 6.04 Å². The number of furan rings is 1. The Bertz CT molecular complexity index is 844. The number of primary sulfonamides is 1. The van der Waals surface area contributed by atoms with Gasteiger partial charge in [0.2, 0.25) is 15.9 Å². The summed E-state index contributed by atoms with van der Waals surface area (Å²) in [6.07, 6.45) is 1.37. The van der Waals surface area contributed by atoms with E-state index in [1.165, 1.54) is 24.5 Å². The maximum Gasteiger partial charge on any atom is 0.287 e. The second kappa shape index (κ2) is 7.49. The minimum Gasteiger partial charge on any atom is -0.459 e. The molecule has 0 aliphatic heterocycles. The van der Waals surface area contributed by atoms with Crippen LogP contribution in [0.5, 0.6) is 0 Å². The van der Waals surface area contributed by atoms with Crippen LogP contribution in [0.2, 0.25) is 0 Å². The topological polar surface area (TPSA) is 132 Å².